The quantitative estimate of drug-likeness (QED) is 0.710. The maximum atomic E-state index is 11.8. The Balaban J connectivity index is 2.01. The Morgan fingerprint density at radius 1 is 1.22 bits per heavy atom. The Morgan fingerprint density at radius 2 is 2.06 bits per heavy atom. The van der Waals surface area contributed by atoms with Crippen LogP contribution in [-0.4, -0.2) is 14.5 Å². The molecule has 0 aliphatic heterocycles. The van der Waals surface area contributed by atoms with Gasteiger partial charge in [0.15, 0.2) is 0 Å². The molecule has 0 spiro atoms. The minimum Gasteiger partial charge on any atom is -0.394 e. The molecular weight excluding hydrogens is 228 g/mol. The topological polar surface area (TPSA) is 76.7 Å². The highest BCUT2D eigenvalue weighted by atomic mass is 16.1. The van der Waals surface area contributed by atoms with Gasteiger partial charge in [0.25, 0.3) is 5.56 Å². The number of benzene rings is 1. The maximum Gasteiger partial charge on any atom is 0.274 e. The molecule has 3 aromatic rings. The summed E-state index contributed by atoms with van der Waals surface area (Å²) in [5, 5.41) is 0. The molecule has 0 amide bonds. The average Bonchev–Trinajstić information content (AvgIpc) is 2.77. The van der Waals surface area contributed by atoms with E-state index in [-0.39, 0.29) is 11.2 Å². The first-order valence-corrected chi connectivity index (χ1v) is 5.62. The first kappa shape index (κ1) is 10.6. The van der Waals surface area contributed by atoms with Crippen LogP contribution in [0.1, 0.15) is 5.82 Å². The van der Waals surface area contributed by atoms with Gasteiger partial charge in [0.2, 0.25) is 0 Å². The normalized spacial score (nSPS) is 10.9. The molecule has 18 heavy (non-hydrogen) atoms. The first-order chi connectivity index (χ1) is 8.74. The Hall–Kier alpha value is -2.56. The van der Waals surface area contributed by atoms with Crippen molar-refractivity contribution in [3.05, 3.63) is 58.8 Å². The van der Waals surface area contributed by atoms with Crippen LogP contribution in [-0.2, 0) is 6.54 Å². The number of pyridine rings is 1. The fraction of sp³-hybridized carbons (Fsp3) is 0.0769. The van der Waals surface area contributed by atoms with Gasteiger partial charge in [-0.25, -0.2) is 4.98 Å². The lowest BCUT2D eigenvalue weighted by atomic mass is 10.3. The number of aromatic nitrogens is 3. The number of hydrogen-bond donors (Lipinski definition) is 2. The van der Waals surface area contributed by atoms with E-state index in [1.165, 1.54) is 4.57 Å². The zero-order chi connectivity index (χ0) is 12.5. The van der Waals surface area contributed by atoms with Gasteiger partial charge in [0.1, 0.15) is 5.82 Å². The highest BCUT2D eigenvalue weighted by Gasteiger charge is 2.04. The highest BCUT2D eigenvalue weighted by molar-refractivity contribution is 5.74. The molecule has 0 atom stereocenters. The van der Waals surface area contributed by atoms with Gasteiger partial charge in [-0.3, -0.25) is 4.79 Å². The van der Waals surface area contributed by atoms with Crippen molar-refractivity contribution < 1.29 is 0 Å². The van der Waals surface area contributed by atoms with E-state index in [0.29, 0.717) is 6.54 Å². The molecule has 0 radical (unpaired) electrons. The third-order valence-corrected chi connectivity index (χ3v) is 2.81. The lowest BCUT2D eigenvalue weighted by molar-refractivity contribution is 0.729. The van der Waals surface area contributed by atoms with Crippen molar-refractivity contribution in [2.75, 3.05) is 5.73 Å². The van der Waals surface area contributed by atoms with Crippen molar-refractivity contribution in [3.63, 3.8) is 0 Å². The number of imidazole rings is 1. The number of aromatic amines is 1. The number of fused-ring (bicyclic) bond motifs is 1. The second kappa shape index (κ2) is 4.03. The number of rotatable bonds is 2. The highest BCUT2D eigenvalue weighted by Crippen LogP contribution is 2.10. The molecule has 2 aromatic heterocycles. The van der Waals surface area contributed by atoms with Gasteiger partial charge >= 0.3 is 0 Å². The smallest absolute Gasteiger partial charge is 0.274 e. The number of nitrogens with two attached hydrogens (primary N) is 1. The van der Waals surface area contributed by atoms with E-state index in [2.05, 4.69) is 9.97 Å². The number of nitrogens with zero attached hydrogens (tertiary/aromatic N) is 2. The molecule has 5 heteroatoms. The molecule has 5 nitrogen and oxygen atoms in total. The van der Waals surface area contributed by atoms with E-state index < -0.39 is 0 Å². The van der Waals surface area contributed by atoms with Crippen molar-refractivity contribution in [2.45, 2.75) is 6.54 Å². The Bertz CT molecular complexity index is 724. The van der Waals surface area contributed by atoms with E-state index >= 15 is 0 Å². The molecule has 1 aromatic carbocycles. The number of para-hydroxylation sites is 2. The van der Waals surface area contributed by atoms with Gasteiger partial charge in [-0.2, -0.15) is 0 Å². The molecule has 2 heterocycles. The van der Waals surface area contributed by atoms with Gasteiger partial charge in [0, 0.05) is 6.20 Å². The van der Waals surface area contributed by atoms with E-state index in [1.807, 2.05) is 24.3 Å². The summed E-state index contributed by atoms with van der Waals surface area (Å²) in [7, 11) is 0. The van der Waals surface area contributed by atoms with Crippen molar-refractivity contribution in [1.82, 2.24) is 14.5 Å². The summed E-state index contributed by atoms with van der Waals surface area (Å²) in [4.78, 5) is 19.4. The van der Waals surface area contributed by atoms with Gasteiger partial charge in [-0.15, -0.1) is 0 Å². The molecule has 0 aliphatic carbocycles. The van der Waals surface area contributed by atoms with Gasteiger partial charge in [-0.05, 0) is 24.3 Å². The van der Waals surface area contributed by atoms with Crippen LogP contribution in [0.4, 0.5) is 5.69 Å². The van der Waals surface area contributed by atoms with Crippen LogP contribution >= 0.6 is 0 Å². The largest absolute Gasteiger partial charge is 0.394 e. The predicted molar refractivity (Wildman–Crippen MR) is 70.3 cm³/mol. The van der Waals surface area contributed by atoms with Crippen LogP contribution in [0.2, 0.25) is 0 Å². The molecule has 0 saturated carbocycles. The fourth-order valence-electron chi connectivity index (χ4n) is 1.92. The zero-order valence-corrected chi connectivity index (χ0v) is 9.63. The number of nitrogens with one attached hydrogen (secondary N) is 1. The van der Waals surface area contributed by atoms with Crippen molar-refractivity contribution >= 4 is 16.7 Å². The van der Waals surface area contributed by atoms with Crippen molar-refractivity contribution in [3.8, 4) is 0 Å². The Kier molecular flexibility index (Phi) is 2.37. The second-order valence-corrected chi connectivity index (χ2v) is 4.10. The summed E-state index contributed by atoms with van der Waals surface area (Å²) in [5.74, 6) is 0.740. The summed E-state index contributed by atoms with van der Waals surface area (Å²) in [5.41, 5.74) is 7.49. The summed E-state index contributed by atoms with van der Waals surface area (Å²) in [6.07, 6.45) is 1.70. The molecule has 0 unspecified atom stereocenters. The summed E-state index contributed by atoms with van der Waals surface area (Å²) < 4.78 is 1.53. The number of nitrogen functional groups attached to an aromatic ring is 1. The van der Waals surface area contributed by atoms with Crippen LogP contribution in [0.25, 0.3) is 11.0 Å². The second-order valence-electron chi connectivity index (χ2n) is 4.10. The van der Waals surface area contributed by atoms with Gasteiger partial charge in [0.05, 0.1) is 23.3 Å². The minimum atomic E-state index is -0.196. The van der Waals surface area contributed by atoms with Crippen LogP contribution in [0.5, 0.6) is 0 Å². The third-order valence-electron chi connectivity index (χ3n) is 2.81. The van der Waals surface area contributed by atoms with Crippen LogP contribution in [0.15, 0.2) is 47.4 Å². The first-order valence-electron chi connectivity index (χ1n) is 5.62. The molecule has 3 rings (SSSR count). The fourth-order valence-corrected chi connectivity index (χ4v) is 1.92. The average molecular weight is 240 g/mol. The Labute approximate surface area is 103 Å². The van der Waals surface area contributed by atoms with E-state index in [0.717, 1.165) is 16.9 Å². The summed E-state index contributed by atoms with van der Waals surface area (Å²) >= 11 is 0. The molecule has 0 saturated heterocycles. The van der Waals surface area contributed by atoms with E-state index in [4.69, 9.17) is 5.73 Å². The SMILES string of the molecule is Nc1cccn(Cc2nc3ccccc3[nH]2)c1=O. The van der Waals surface area contributed by atoms with E-state index in [1.54, 1.807) is 18.3 Å². The lowest BCUT2D eigenvalue weighted by Crippen LogP contribution is -2.22. The van der Waals surface area contributed by atoms with Crippen LogP contribution < -0.4 is 11.3 Å². The molecular formula is C13H12N4O. The predicted octanol–water partition coefficient (Wildman–Crippen LogP) is 1.36. The standard InChI is InChI=1S/C13H12N4O/c14-9-4-3-7-17(13(9)18)8-12-15-10-5-1-2-6-11(10)16-12/h1-7H,8,14H2,(H,15,16). The molecule has 0 bridgehead atoms. The monoisotopic (exact) mass is 240 g/mol. The third kappa shape index (κ3) is 1.75. The number of anilines is 1. The number of H-pyrrole nitrogens is 1. The molecule has 0 fully saturated rings. The van der Waals surface area contributed by atoms with Crippen molar-refractivity contribution in [1.29, 1.82) is 0 Å². The van der Waals surface area contributed by atoms with Crippen molar-refractivity contribution in [2.24, 2.45) is 0 Å². The van der Waals surface area contributed by atoms with E-state index in [9.17, 15) is 4.79 Å². The number of hydrogen-bond acceptors (Lipinski definition) is 3. The Morgan fingerprint density at radius 3 is 2.89 bits per heavy atom. The minimum absolute atomic E-state index is 0.196. The molecule has 90 valence electrons. The van der Waals surface area contributed by atoms with Gasteiger partial charge in [-0.1, -0.05) is 12.1 Å². The maximum absolute atomic E-state index is 11.8. The van der Waals surface area contributed by atoms with Crippen LogP contribution in [0.3, 0.4) is 0 Å². The summed E-state index contributed by atoms with van der Waals surface area (Å²) in [6.45, 7) is 0.387. The van der Waals surface area contributed by atoms with Crippen LogP contribution in [0, 0.1) is 0 Å². The zero-order valence-electron chi connectivity index (χ0n) is 9.63. The lowest BCUT2D eigenvalue weighted by Gasteiger charge is -2.03. The summed E-state index contributed by atoms with van der Waals surface area (Å²) in [6, 6.07) is 11.1. The van der Waals surface area contributed by atoms with Gasteiger partial charge < -0.3 is 15.3 Å². The molecule has 0 aliphatic rings. The molecule has 3 N–H and O–H groups in total.